The lowest BCUT2D eigenvalue weighted by molar-refractivity contribution is -0.142. The van der Waals surface area contributed by atoms with Crippen LogP contribution in [0.3, 0.4) is 0 Å². The maximum absolute atomic E-state index is 14.3. The Morgan fingerprint density at radius 3 is 2.59 bits per heavy atom. The lowest BCUT2D eigenvalue weighted by Crippen LogP contribution is -2.49. The second kappa shape index (κ2) is 11.5. The van der Waals surface area contributed by atoms with E-state index < -0.39 is 24.1 Å². The van der Waals surface area contributed by atoms with Crippen molar-refractivity contribution >= 4 is 18.6 Å². The van der Waals surface area contributed by atoms with Gasteiger partial charge in [-0.3, -0.25) is 4.79 Å². The SMILES string of the molecule is CCOC(=O)Cc1ncc(B2OC(C)(C)C(C)(C(C)c3cccc(OCc4ccc(C#N)cc4F)n3)O2)cn1. The van der Waals surface area contributed by atoms with Crippen LogP contribution >= 0.6 is 0 Å². The van der Waals surface area contributed by atoms with Gasteiger partial charge in [-0.2, -0.15) is 5.26 Å². The number of nitriles is 1. The van der Waals surface area contributed by atoms with E-state index in [0.717, 1.165) is 0 Å². The number of esters is 1. The van der Waals surface area contributed by atoms with Crippen molar-refractivity contribution in [2.24, 2.45) is 0 Å². The topological polar surface area (TPSA) is 116 Å². The molecular formula is C28H30BFN4O5. The third-order valence-corrected chi connectivity index (χ3v) is 7.13. The molecule has 2 aromatic heterocycles. The Balaban J connectivity index is 1.47. The number of halogens is 1. The lowest BCUT2D eigenvalue weighted by atomic mass is 9.76. The molecular weight excluding hydrogens is 502 g/mol. The molecule has 0 aliphatic carbocycles. The van der Waals surface area contributed by atoms with E-state index in [-0.39, 0.29) is 30.5 Å². The predicted molar refractivity (Wildman–Crippen MR) is 141 cm³/mol. The number of carbonyl (C=O) groups excluding carboxylic acids is 1. The minimum Gasteiger partial charge on any atom is -0.473 e. The number of ether oxygens (including phenoxy) is 2. The third kappa shape index (κ3) is 6.08. The Morgan fingerprint density at radius 2 is 1.92 bits per heavy atom. The van der Waals surface area contributed by atoms with Gasteiger partial charge in [-0.1, -0.05) is 19.1 Å². The van der Waals surface area contributed by atoms with Crippen LogP contribution in [0.4, 0.5) is 4.39 Å². The number of carbonyl (C=O) groups is 1. The first-order valence-corrected chi connectivity index (χ1v) is 12.7. The van der Waals surface area contributed by atoms with Gasteiger partial charge >= 0.3 is 13.1 Å². The second-order valence-corrected chi connectivity index (χ2v) is 9.93. The van der Waals surface area contributed by atoms with E-state index in [2.05, 4.69) is 15.0 Å². The molecule has 1 saturated heterocycles. The Morgan fingerprint density at radius 1 is 1.18 bits per heavy atom. The summed E-state index contributed by atoms with van der Waals surface area (Å²) in [5.41, 5.74) is 0.400. The molecule has 0 amide bonds. The van der Waals surface area contributed by atoms with E-state index in [4.69, 9.17) is 24.0 Å². The van der Waals surface area contributed by atoms with Gasteiger partial charge in [-0.25, -0.2) is 19.3 Å². The maximum atomic E-state index is 14.3. The number of benzene rings is 1. The van der Waals surface area contributed by atoms with Crippen molar-refractivity contribution in [3.63, 3.8) is 0 Å². The zero-order valence-electron chi connectivity index (χ0n) is 22.6. The van der Waals surface area contributed by atoms with Crippen LogP contribution in [0.5, 0.6) is 5.88 Å². The van der Waals surface area contributed by atoms with Gasteiger partial charge in [-0.15, -0.1) is 0 Å². The summed E-state index contributed by atoms with van der Waals surface area (Å²) >= 11 is 0. The summed E-state index contributed by atoms with van der Waals surface area (Å²) in [7, 11) is -0.720. The van der Waals surface area contributed by atoms with Crippen molar-refractivity contribution in [1.82, 2.24) is 15.0 Å². The van der Waals surface area contributed by atoms with Gasteiger partial charge in [0.25, 0.3) is 0 Å². The van der Waals surface area contributed by atoms with Crippen molar-refractivity contribution in [2.45, 2.75) is 64.8 Å². The van der Waals surface area contributed by atoms with Gasteiger partial charge < -0.3 is 18.8 Å². The number of hydrogen-bond acceptors (Lipinski definition) is 9. The molecule has 9 nitrogen and oxygen atoms in total. The third-order valence-electron chi connectivity index (χ3n) is 7.13. The molecule has 202 valence electrons. The van der Waals surface area contributed by atoms with Crippen molar-refractivity contribution in [1.29, 1.82) is 5.26 Å². The maximum Gasteiger partial charge on any atom is 0.498 e. The minimum atomic E-state index is -0.799. The summed E-state index contributed by atoms with van der Waals surface area (Å²) in [6.45, 7) is 9.88. The van der Waals surface area contributed by atoms with E-state index >= 15 is 0 Å². The molecule has 0 saturated carbocycles. The molecule has 1 fully saturated rings. The number of nitrogens with zero attached hydrogens (tertiary/aromatic N) is 4. The van der Waals surface area contributed by atoms with E-state index in [1.54, 1.807) is 31.5 Å². The molecule has 2 unspecified atom stereocenters. The number of aromatic nitrogens is 3. The largest absolute Gasteiger partial charge is 0.498 e. The highest BCUT2D eigenvalue weighted by Crippen LogP contribution is 2.46. The van der Waals surface area contributed by atoms with Crippen LogP contribution in [-0.2, 0) is 31.9 Å². The fraction of sp³-hybridized carbons (Fsp3) is 0.393. The van der Waals surface area contributed by atoms with E-state index in [1.807, 2.05) is 45.9 Å². The summed E-state index contributed by atoms with van der Waals surface area (Å²) in [6, 6.07) is 11.6. The Labute approximate surface area is 227 Å². The predicted octanol–water partition coefficient (Wildman–Crippen LogP) is 3.65. The summed E-state index contributed by atoms with van der Waals surface area (Å²) in [5.74, 6) is -0.426. The van der Waals surface area contributed by atoms with Gasteiger partial charge in [0.05, 0.1) is 35.1 Å². The molecule has 11 heteroatoms. The molecule has 0 N–H and O–H groups in total. The Kier molecular flexibility index (Phi) is 8.28. The molecule has 1 aromatic carbocycles. The monoisotopic (exact) mass is 532 g/mol. The standard InChI is InChI=1S/C28H30BFN4O5/c1-6-36-26(35)13-24-32-15-21(16-33-24)29-38-27(3,4)28(5,39-29)18(2)23-8-7-9-25(34-23)37-17-20-11-10-19(14-31)12-22(20)30/h7-12,15-16,18H,6,13,17H2,1-5H3. The van der Waals surface area contributed by atoms with Crippen LogP contribution in [0.2, 0.25) is 0 Å². The highest BCUT2D eigenvalue weighted by atomic mass is 19.1. The average Bonchev–Trinajstić information content (AvgIpc) is 3.17. The van der Waals surface area contributed by atoms with Gasteiger partial charge in [0.1, 0.15) is 24.7 Å². The Bertz CT molecular complexity index is 1380. The fourth-order valence-corrected chi connectivity index (χ4v) is 4.37. The normalized spacial score (nSPS) is 18.8. The average molecular weight is 532 g/mol. The number of pyridine rings is 1. The minimum absolute atomic E-state index is 0.0113. The van der Waals surface area contributed by atoms with Gasteiger partial charge in [0.2, 0.25) is 5.88 Å². The zero-order valence-corrected chi connectivity index (χ0v) is 22.6. The summed E-state index contributed by atoms with van der Waals surface area (Å²) in [6.07, 6.45) is 3.17. The Hall–Kier alpha value is -3.88. The van der Waals surface area contributed by atoms with Gasteiger partial charge in [0, 0.05) is 35.4 Å². The first kappa shape index (κ1) is 28.1. The van der Waals surface area contributed by atoms with Crippen molar-refractivity contribution in [3.05, 3.63) is 77.3 Å². The number of hydrogen-bond donors (Lipinski definition) is 0. The molecule has 39 heavy (non-hydrogen) atoms. The van der Waals surface area contributed by atoms with Crippen LogP contribution < -0.4 is 10.2 Å². The van der Waals surface area contributed by atoms with Crippen LogP contribution in [0.25, 0.3) is 0 Å². The van der Waals surface area contributed by atoms with Crippen LogP contribution in [0.15, 0.2) is 48.8 Å². The smallest absolute Gasteiger partial charge is 0.473 e. The van der Waals surface area contributed by atoms with Crippen molar-refractivity contribution in [2.75, 3.05) is 6.61 Å². The quantitative estimate of drug-likeness (QED) is 0.301. The van der Waals surface area contributed by atoms with E-state index in [0.29, 0.717) is 35.0 Å². The van der Waals surface area contributed by atoms with Gasteiger partial charge in [-0.05, 0) is 45.9 Å². The molecule has 3 aromatic rings. The summed E-state index contributed by atoms with van der Waals surface area (Å²) in [4.78, 5) is 24.9. The van der Waals surface area contributed by atoms with Crippen LogP contribution in [0, 0.1) is 17.1 Å². The van der Waals surface area contributed by atoms with Gasteiger partial charge in [0.15, 0.2) is 0 Å². The summed E-state index contributed by atoms with van der Waals surface area (Å²) < 4.78 is 37.8. The van der Waals surface area contributed by atoms with Crippen molar-refractivity contribution in [3.8, 4) is 11.9 Å². The summed E-state index contributed by atoms with van der Waals surface area (Å²) in [5, 5.41) is 8.93. The molecule has 4 rings (SSSR count). The second-order valence-electron chi connectivity index (χ2n) is 9.93. The first-order chi connectivity index (χ1) is 18.6. The number of rotatable bonds is 9. The van der Waals surface area contributed by atoms with Crippen LogP contribution in [-0.4, -0.2) is 45.8 Å². The highest BCUT2D eigenvalue weighted by molar-refractivity contribution is 6.61. The molecule has 0 bridgehead atoms. The molecule has 1 aliphatic heterocycles. The van der Waals surface area contributed by atoms with Crippen molar-refractivity contribution < 1.29 is 28.0 Å². The van der Waals surface area contributed by atoms with Crippen LogP contribution in [0.1, 0.15) is 63.2 Å². The molecule has 3 heterocycles. The molecule has 0 spiro atoms. The fourth-order valence-electron chi connectivity index (χ4n) is 4.37. The van der Waals surface area contributed by atoms with E-state index in [1.165, 1.54) is 12.1 Å². The zero-order chi connectivity index (χ0) is 28.2. The first-order valence-electron chi connectivity index (χ1n) is 12.7. The molecule has 1 aliphatic rings. The van der Waals surface area contributed by atoms with E-state index in [9.17, 15) is 9.18 Å². The lowest BCUT2D eigenvalue weighted by Gasteiger charge is -2.41. The molecule has 0 radical (unpaired) electrons. The molecule has 2 atom stereocenters. The highest BCUT2D eigenvalue weighted by Gasteiger charge is 2.58.